The molecule has 0 amide bonds. The Labute approximate surface area is 162 Å². The van der Waals surface area contributed by atoms with Crippen molar-refractivity contribution in [2.45, 2.75) is 44.7 Å². The molecule has 3 rings (SSSR count). The number of hydrogen-bond donors (Lipinski definition) is 1. The van der Waals surface area contributed by atoms with E-state index in [-0.39, 0.29) is 29.6 Å². The van der Waals surface area contributed by atoms with Crippen molar-refractivity contribution in [2.24, 2.45) is 0 Å². The fourth-order valence-corrected chi connectivity index (χ4v) is 3.45. The Balaban J connectivity index is 0.00000192. The average Bonchev–Trinajstić information content (AvgIpc) is 3.27. The number of aromatic nitrogens is 1. The Morgan fingerprint density at radius 3 is 2.65 bits per heavy atom. The van der Waals surface area contributed by atoms with Crippen LogP contribution in [0.15, 0.2) is 30.5 Å². The summed E-state index contributed by atoms with van der Waals surface area (Å²) < 4.78 is 0. The van der Waals surface area contributed by atoms with Gasteiger partial charge in [-0.25, -0.2) is 4.98 Å². The molecule has 1 atom stereocenters. The Kier molecular flexibility index (Phi) is 6.80. The first-order valence-electron chi connectivity index (χ1n) is 7.65. The first-order valence-corrected chi connectivity index (χ1v) is 8.46. The minimum Gasteiger partial charge on any atom is -0.548 e. The summed E-state index contributed by atoms with van der Waals surface area (Å²) >= 11 is 1.67. The van der Waals surface area contributed by atoms with E-state index in [1.54, 1.807) is 11.3 Å². The molecule has 116 valence electrons. The summed E-state index contributed by atoms with van der Waals surface area (Å²) in [5.41, 5.74) is 1.92. The van der Waals surface area contributed by atoms with E-state index in [4.69, 9.17) is 0 Å². The first-order chi connectivity index (χ1) is 10.7. The van der Waals surface area contributed by atoms with Gasteiger partial charge in [-0.3, -0.25) is 0 Å². The van der Waals surface area contributed by atoms with Gasteiger partial charge in [-0.2, -0.15) is 0 Å². The smallest absolute Gasteiger partial charge is 0.548 e. The van der Waals surface area contributed by atoms with Crippen molar-refractivity contribution in [3.63, 3.8) is 0 Å². The van der Waals surface area contributed by atoms with Crippen molar-refractivity contribution < 1.29 is 39.5 Å². The Morgan fingerprint density at radius 2 is 2.09 bits per heavy atom. The van der Waals surface area contributed by atoms with Gasteiger partial charge in [-0.1, -0.05) is 31.2 Å². The van der Waals surface area contributed by atoms with Crippen LogP contribution < -0.4 is 40.0 Å². The van der Waals surface area contributed by atoms with Crippen LogP contribution in [0.5, 0.6) is 0 Å². The quantitative estimate of drug-likeness (QED) is 0.669. The Hall–Kier alpha value is -0.720. The number of carbonyl (C=O) groups excluding carboxylic acids is 1. The molecule has 1 aliphatic rings. The van der Waals surface area contributed by atoms with Crippen LogP contribution in [0.1, 0.15) is 52.7 Å². The molecule has 0 aliphatic heterocycles. The molecule has 6 heteroatoms. The molecule has 1 aromatic carbocycles. The molecular formula is C17H19N2NaO2S. The number of carboxylic acid groups (broad SMARTS) is 1. The zero-order chi connectivity index (χ0) is 15.5. The second kappa shape index (κ2) is 8.40. The van der Waals surface area contributed by atoms with E-state index in [1.165, 1.54) is 23.4 Å². The van der Waals surface area contributed by atoms with Crippen LogP contribution in [-0.2, 0) is 17.8 Å². The van der Waals surface area contributed by atoms with Gasteiger partial charge in [0, 0.05) is 23.5 Å². The number of aliphatic carboxylic acids is 1. The summed E-state index contributed by atoms with van der Waals surface area (Å²) in [5, 5.41) is 15.7. The SMILES string of the molecule is CCc1ccc(C(NCc2cnc(C3CC3)s2)C(=O)[O-])cc1.[Na+]. The van der Waals surface area contributed by atoms with Crippen LogP contribution in [0.3, 0.4) is 0 Å². The molecule has 0 saturated heterocycles. The van der Waals surface area contributed by atoms with E-state index in [9.17, 15) is 9.90 Å². The van der Waals surface area contributed by atoms with Crippen LogP contribution >= 0.6 is 11.3 Å². The molecule has 1 N–H and O–H groups in total. The molecule has 1 aromatic heterocycles. The molecule has 0 bridgehead atoms. The number of carbonyl (C=O) groups is 1. The van der Waals surface area contributed by atoms with Crippen molar-refractivity contribution in [3.05, 3.63) is 51.5 Å². The van der Waals surface area contributed by atoms with Crippen LogP contribution in [0.2, 0.25) is 0 Å². The van der Waals surface area contributed by atoms with Crippen LogP contribution in [0.25, 0.3) is 0 Å². The van der Waals surface area contributed by atoms with E-state index in [0.29, 0.717) is 12.5 Å². The summed E-state index contributed by atoms with van der Waals surface area (Å²) in [6.45, 7) is 2.57. The van der Waals surface area contributed by atoms with Gasteiger partial charge in [0.1, 0.15) is 0 Å². The van der Waals surface area contributed by atoms with Crippen molar-refractivity contribution >= 4 is 17.3 Å². The predicted molar refractivity (Wildman–Crippen MR) is 84.5 cm³/mol. The number of aryl methyl sites for hydroxylation is 1. The van der Waals surface area contributed by atoms with E-state index >= 15 is 0 Å². The monoisotopic (exact) mass is 338 g/mol. The number of nitrogens with one attached hydrogen (secondary N) is 1. The number of benzene rings is 1. The summed E-state index contributed by atoms with van der Waals surface area (Å²) in [6, 6.07) is 6.84. The van der Waals surface area contributed by atoms with Gasteiger partial charge in [0.2, 0.25) is 0 Å². The third-order valence-electron chi connectivity index (χ3n) is 3.94. The zero-order valence-electron chi connectivity index (χ0n) is 13.5. The third-order valence-corrected chi connectivity index (χ3v) is 5.10. The largest absolute Gasteiger partial charge is 1.00 e. The number of hydrogen-bond acceptors (Lipinski definition) is 5. The van der Waals surface area contributed by atoms with Gasteiger partial charge in [-0.15, -0.1) is 11.3 Å². The summed E-state index contributed by atoms with van der Waals surface area (Å²) in [5.74, 6) is -0.464. The minimum atomic E-state index is -1.10. The molecule has 1 fully saturated rings. The molecule has 23 heavy (non-hydrogen) atoms. The van der Waals surface area contributed by atoms with E-state index < -0.39 is 12.0 Å². The van der Waals surface area contributed by atoms with Crippen LogP contribution in [0, 0.1) is 0 Å². The zero-order valence-corrected chi connectivity index (χ0v) is 16.4. The molecule has 4 nitrogen and oxygen atoms in total. The third kappa shape index (κ3) is 4.88. The van der Waals surface area contributed by atoms with Crippen LogP contribution in [0.4, 0.5) is 0 Å². The molecule has 0 spiro atoms. The van der Waals surface area contributed by atoms with Crippen molar-refractivity contribution in [1.29, 1.82) is 0 Å². The molecule has 0 radical (unpaired) electrons. The summed E-state index contributed by atoms with van der Waals surface area (Å²) in [6.07, 6.45) is 5.24. The maximum absolute atomic E-state index is 11.4. The fraction of sp³-hybridized carbons (Fsp3) is 0.412. The maximum atomic E-state index is 11.4. The second-order valence-electron chi connectivity index (χ2n) is 5.67. The summed E-state index contributed by atoms with van der Waals surface area (Å²) in [4.78, 5) is 16.9. The second-order valence-corrected chi connectivity index (χ2v) is 6.81. The average molecular weight is 338 g/mol. The molecule has 2 aromatic rings. The molecule has 1 aliphatic carbocycles. The number of rotatable bonds is 7. The topological polar surface area (TPSA) is 65.0 Å². The van der Waals surface area contributed by atoms with Crippen molar-refractivity contribution in [3.8, 4) is 0 Å². The van der Waals surface area contributed by atoms with Crippen molar-refractivity contribution in [2.75, 3.05) is 0 Å². The standard InChI is InChI=1S/C17H20N2O2S.Na/c1-2-11-3-5-12(6-4-11)15(17(20)21)18-9-14-10-19-16(22-14)13-7-8-13;/h3-6,10,13,15,18H,2,7-9H2,1H3,(H,20,21);/q;+1/p-1. The maximum Gasteiger partial charge on any atom is 1.00 e. The molecular weight excluding hydrogens is 319 g/mol. The van der Waals surface area contributed by atoms with Gasteiger partial charge >= 0.3 is 29.6 Å². The Bertz CT molecular complexity index is 653. The molecule has 1 saturated carbocycles. The van der Waals surface area contributed by atoms with Gasteiger partial charge in [0.15, 0.2) is 0 Å². The number of thiazole rings is 1. The number of carboxylic acids is 1. The molecule has 1 unspecified atom stereocenters. The summed E-state index contributed by atoms with van der Waals surface area (Å²) in [7, 11) is 0. The van der Waals surface area contributed by atoms with E-state index in [1.807, 2.05) is 30.5 Å². The Morgan fingerprint density at radius 1 is 1.39 bits per heavy atom. The van der Waals surface area contributed by atoms with E-state index in [0.717, 1.165) is 16.9 Å². The predicted octanol–water partition coefficient (Wildman–Crippen LogP) is -0.832. The van der Waals surface area contributed by atoms with Gasteiger partial charge in [-0.05, 0) is 30.4 Å². The fourth-order valence-electron chi connectivity index (χ4n) is 2.41. The number of nitrogens with zero attached hydrogens (tertiary/aromatic N) is 1. The van der Waals surface area contributed by atoms with E-state index in [2.05, 4.69) is 17.2 Å². The minimum absolute atomic E-state index is 0. The van der Waals surface area contributed by atoms with Gasteiger partial charge in [0.25, 0.3) is 0 Å². The van der Waals surface area contributed by atoms with Gasteiger partial charge < -0.3 is 15.2 Å². The van der Waals surface area contributed by atoms with Crippen molar-refractivity contribution in [1.82, 2.24) is 10.3 Å². The molecule has 1 heterocycles. The normalized spacial score (nSPS) is 15.0. The van der Waals surface area contributed by atoms with Crippen LogP contribution in [-0.4, -0.2) is 11.0 Å². The van der Waals surface area contributed by atoms with Gasteiger partial charge in [0.05, 0.1) is 17.0 Å². The first kappa shape index (κ1) is 18.6.